The highest BCUT2D eigenvalue weighted by Gasteiger charge is 2.41. The Bertz CT molecular complexity index is 1640. The Hall–Kier alpha value is -4.87. The lowest BCUT2D eigenvalue weighted by Crippen LogP contribution is -2.52. The summed E-state index contributed by atoms with van der Waals surface area (Å²) < 4.78 is 34.7. The van der Waals surface area contributed by atoms with E-state index in [9.17, 15) is 28.0 Å². The fraction of sp³-hybridized carbons (Fsp3) is 0.300. The molecule has 3 aromatic rings. The molecule has 0 aliphatic carbocycles. The van der Waals surface area contributed by atoms with Crippen molar-refractivity contribution in [3.8, 4) is 5.75 Å². The molecule has 42 heavy (non-hydrogen) atoms. The maximum atomic E-state index is 14.2. The van der Waals surface area contributed by atoms with Gasteiger partial charge in [-0.1, -0.05) is 41.6 Å². The Morgan fingerprint density at radius 1 is 1.14 bits per heavy atom. The standard InChI is InChI=1S/C30H28F2N4O6/c1-17-10-11-42-34-18(2)26(37)24-15-35(17)30(40)25-28(41-16-19-6-4-3-5-7-19)27(38)22(14-36(24)25)29(39)33-13-20-8-9-21(31)12-23(20)32/h3-9,12,14,17,24H,10-11,13,15-16H2,1-2H3,(H,33,39)/b34-18-/t17-,24+/m0/s1. The van der Waals surface area contributed by atoms with Gasteiger partial charge in [-0.15, -0.1) is 0 Å². The molecule has 2 bridgehead atoms. The van der Waals surface area contributed by atoms with Crippen molar-refractivity contribution < 1.29 is 32.7 Å². The number of hydrogen-bond acceptors (Lipinski definition) is 7. The molecule has 218 valence electrons. The van der Waals surface area contributed by atoms with E-state index in [0.717, 1.165) is 12.3 Å². The number of carbonyl (C=O) groups is 3. The predicted molar refractivity (Wildman–Crippen MR) is 147 cm³/mol. The van der Waals surface area contributed by atoms with Crippen molar-refractivity contribution in [3.63, 3.8) is 0 Å². The molecule has 0 unspecified atom stereocenters. The summed E-state index contributed by atoms with van der Waals surface area (Å²) in [5.41, 5.74) is -0.704. The van der Waals surface area contributed by atoms with E-state index in [-0.39, 0.29) is 55.1 Å². The predicted octanol–water partition coefficient (Wildman–Crippen LogP) is 3.39. The van der Waals surface area contributed by atoms with E-state index in [2.05, 4.69) is 10.5 Å². The van der Waals surface area contributed by atoms with Crippen LogP contribution in [0.3, 0.4) is 0 Å². The quantitative estimate of drug-likeness (QED) is 0.479. The number of ether oxygens (including phenoxy) is 1. The number of amides is 2. The van der Waals surface area contributed by atoms with E-state index in [1.54, 1.807) is 31.2 Å². The van der Waals surface area contributed by atoms with Crippen molar-refractivity contribution in [1.82, 2.24) is 14.8 Å². The number of carbonyl (C=O) groups excluding carboxylic acids is 3. The van der Waals surface area contributed by atoms with Gasteiger partial charge in [-0.05, 0) is 25.5 Å². The maximum absolute atomic E-state index is 14.2. The SMILES string of the molecule is C/C1=N/OCC[C@H](C)N2C[C@H](C1=O)n1cc(C(=O)NCc3ccc(F)cc3F)c(=O)c(OCc3ccccc3)c1C2=O. The molecule has 0 fully saturated rings. The number of fused-ring (bicyclic) bond motifs is 4. The molecule has 0 radical (unpaired) electrons. The van der Waals surface area contributed by atoms with Gasteiger partial charge in [-0.25, -0.2) is 8.78 Å². The van der Waals surface area contributed by atoms with Crippen molar-refractivity contribution in [3.05, 3.63) is 99.0 Å². The normalized spacial score (nSPS) is 19.7. The Morgan fingerprint density at radius 2 is 1.90 bits per heavy atom. The summed E-state index contributed by atoms with van der Waals surface area (Å²) in [7, 11) is 0. The molecule has 2 aromatic carbocycles. The van der Waals surface area contributed by atoms with Crippen molar-refractivity contribution in [2.24, 2.45) is 5.16 Å². The molecule has 1 N–H and O–H groups in total. The summed E-state index contributed by atoms with van der Waals surface area (Å²) in [6.07, 6.45) is 1.57. The van der Waals surface area contributed by atoms with Crippen LogP contribution in [0.15, 0.2) is 64.7 Å². The Balaban J connectivity index is 1.61. The third-order valence-electron chi connectivity index (χ3n) is 7.31. The smallest absolute Gasteiger partial charge is 0.274 e. The summed E-state index contributed by atoms with van der Waals surface area (Å²) in [6.45, 7) is 3.00. The number of Topliss-reactive ketones (excluding diaryl/α,β-unsaturated/α-hetero) is 1. The summed E-state index contributed by atoms with van der Waals surface area (Å²) in [5.74, 6) is -3.94. The first-order valence-corrected chi connectivity index (χ1v) is 13.4. The number of nitrogens with one attached hydrogen (secondary N) is 1. The fourth-order valence-electron chi connectivity index (χ4n) is 4.91. The largest absolute Gasteiger partial charge is 0.483 e. The second-order valence-electron chi connectivity index (χ2n) is 10.1. The maximum Gasteiger partial charge on any atom is 0.274 e. The van der Waals surface area contributed by atoms with Crippen LogP contribution in [0.4, 0.5) is 8.78 Å². The fourth-order valence-corrected chi connectivity index (χ4v) is 4.91. The zero-order valence-electron chi connectivity index (χ0n) is 22.9. The first kappa shape index (κ1) is 28.7. The molecule has 0 saturated heterocycles. The summed E-state index contributed by atoms with van der Waals surface area (Å²) in [5, 5.41) is 6.37. The number of pyridine rings is 1. The van der Waals surface area contributed by atoms with Gasteiger partial charge in [-0.2, -0.15) is 0 Å². The highest BCUT2D eigenvalue weighted by atomic mass is 19.1. The summed E-state index contributed by atoms with van der Waals surface area (Å²) >= 11 is 0. The Kier molecular flexibility index (Phi) is 8.14. The number of benzene rings is 2. The van der Waals surface area contributed by atoms with Crippen LogP contribution < -0.4 is 15.5 Å². The number of aromatic nitrogens is 1. The van der Waals surface area contributed by atoms with E-state index in [1.165, 1.54) is 22.5 Å². The van der Waals surface area contributed by atoms with E-state index >= 15 is 0 Å². The van der Waals surface area contributed by atoms with E-state index < -0.39 is 46.3 Å². The number of rotatable bonds is 6. The van der Waals surface area contributed by atoms with Crippen LogP contribution in [0.25, 0.3) is 0 Å². The number of halogens is 2. The van der Waals surface area contributed by atoms with Gasteiger partial charge in [0, 0.05) is 43.4 Å². The average Bonchev–Trinajstić information content (AvgIpc) is 2.97. The van der Waals surface area contributed by atoms with Crippen LogP contribution in [-0.2, 0) is 22.8 Å². The monoisotopic (exact) mass is 578 g/mol. The molecule has 0 spiro atoms. The molecule has 2 atom stereocenters. The second-order valence-corrected chi connectivity index (χ2v) is 10.1. The van der Waals surface area contributed by atoms with Crippen LogP contribution in [0.5, 0.6) is 5.75 Å². The molecule has 1 aromatic heterocycles. The van der Waals surface area contributed by atoms with Gasteiger partial charge in [0.15, 0.2) is 11.4 Å². The lowest BCUT2D eigenvalue weighted by atomic mass is 10.00. The number of nitrogens with zero attached hydrogens (tertiary/aromatic N) is 3. The molecule has 2 aliphatic rings. The number of hydrogen-bond donors (Lipinski definition) is 1. The van der Waals surface area contributed by atoms with E-state index in [1.807, 2.05) is 6.07 Å². The molecule has 2 aliphatic heterocycles. The second kappa shape index (κ2) is 11.9. The number of oxime groups is 1. The van der Waals surface area contributed by atoms with Crippen molar-refractivity contribution in [2.45, 2.75) is 45.5 Å². The van der Waals surface area contributed by atoms with Gasteiger partial charge in [0.25, 0.3) is 11.8 Å². The highest BCUT2D eigenvalue weighted by molar-refractivity contribution is 6.40. The van der Waals surface area contributed by atoms with Crippen LogP contribution >= 0.6 is 0 Å². The minimum atomic E-state index is -1.04. The van der Waals surface area contributed by atoms with Gasteiger partial charge in [-0.3, -0.25) is 19.2 Å². The minimum absolute atomic E-state index is 0.00230. The summed E-state index contributed by atoms with van der Waals surface area (Å²) in [6, 6.07) is 10.4. The summed E-state index contributed by atoms with van der Waals surface area (Å²) in [4.78, 5) is 61.2. The van der Waals surface area contributed by atoms with Crippen molar-refractivity contribution >= 4 is 23.3 Å². The molecule has 5 rings (SSSR count). The first-order valence-electron chi connectivity index (χ1n) is 13.4. The molecule has 12 heteroatoms. The molecule has 2 amide bonds. The van der Waals surface area contributed by atoms with Gasteiger partial charge >= 0.3 is 0 Å². The van der Waals surface area contributed by atoms with Crippen molar-refractivity contribution in [1.29, 1.82) is 0 Å². The lowest BCUT2D eigenvalue weighted by molar-refractivity contribution is -0.117. The molecule has 10 nitrogen and oxygen atoms in total. The Labute approximate surface area is 239 Å². The van der Waals surface area contributed by atoms with Gasteiger partial charge in [0.05, 0.1) is 0 Å². The molecular formula is C30H28F2N4O6. The van der Waals surface area contributed by atoms with E-state index in [4.69, 9.17) is 9.57 Å². The van der Waals surface area contributed by atoms with Crippen LogP contribution in [0, 0.1) is 11.6 Å². The van der Waals surface area contributed by atoms with Gasteiger partial charge in [0.2, 0.25) is 11.2 Å². The van der Waals surface area contributed by atoms with Crippen LogP contribution in [-0.4, -0.2) is 52.0 Å². The first-order chi connectivity index (χ1) is 20.2. The van der Waals surface area contributed by atoms with Crippen molar-refractivity contribution in [2.75, 3.05) is 13.2 Å². The minimum Gasteiger partial charge on any atom is -0.483 e. The third kappa shape index (κ3) is 5.65. The lowest BCUT2D eigenvalue weighted by Gasteiger charge is -2.39. The number of ketones is 1. The van der Waals surface area contributed by atoms with Gasteiger partial charge < -0.3 is 24.4 Å². The average molecular weight is 579 g/mol. The van der Waals surface area contributed by atoms with Crippen LogP contribution in [0.1, 0.15) is 58.3 Å². The molecule has 3 heterocycles. The zero-order valence-corrected chi connectivity index (χ0v) is 22.9. The highest BCUT2D eigenvalue weighted by Crippen LogP contribution is 2.31. The third-order valence-corrected chi connectivity index (χ3v) is 7.31. The molecule has 0 saturated carbocycles. The van der Waals surface area contributed by atoms with E-state index in [0.29, 0.717) is 18.1 Å². The Morgan fingerprint density at radius 3 is 2.64 bits per heavy atom. The van der Waals surface area contributed by atoms with Gasteiger partial charge in [0.1, 0.15) is 42.2 Å². The topological polar surface area (TPSA) is 119 Å². The zero-order chi connectivity index (χ0) is 30.0. The van der Waals surface area contributed by atoms with Crippen LogP contribution in [0.2, 0.25) is 0 Å². The molecular weight excluding hydrogens is 550 g/mol.